The molecule has 2 N–H and O–H groups in total. The highest BCUT2D eigenvalue weighted by Crippen LogP contribution is 2.38. The average molecular weight is 341 g/mol. The van der Waals surface area contributed by atoms with Crippen LogP contribution in [0.1, 0.15) is 64.0 Å². The number of fused-ring (bicyclic) bond motifs is 1. The van der Waals surface area contributed by atoms with Gasteiger partial charge >= 0.3 is 0 Å². The van der Waals surface area contributed by atoms with Crippen molar-refractivity contribution in [2.75, 3.05) is 17.2 Å². The van der Waals surface area contributed by atoms with Crippen molar-refractivity contribution in [3.8, 4) is 0 Å². The summed E-state index contributed by atoms with van der Waals surface area (Å²) in [6, 6.07) is 5.86. The average Bonchev–Trinajstić information content (AvgIpc) is 3.23. The van der Waals surface area contributed by atoms with Crippen LogP contribution in [-0.2, 0) is 6.42 Å². The number of nitrogens with zero attached hydrogens (tertiary/aromatic N) is 2. The fraction of sp³-hybridized carbons (Fsp3) is 0.474. The van der Waals surface area contributed by atoms with Gasteiger partial charge in [-0.25, -0.2) is 4.98 Å². The van der Waals surface area contributed by atoms with E-state index in [-0.39, 0.29) is 5.91 Å². The van der Waals surface area contributed by atoms with Crippen molar-refractivity contribution < 1.29 is 4.79 Å². The van der Waals surface area contributed by atoms with Gasteiger partial charge in [0.15, 0.2) is 0 Å². The van der Waals surface area contributed by atoms with Crippen LogP contribution in [0.15, 0.2) is 18.2 Å². The lowest BCUT2D eigenvalue weighted by Crippen LogP contribution is -2.35. The highest BCUT2D eigenvalue weighted by atomic mass is 32.1. The van der Waals surface area contributed by atoms with E-state index in [9.17, 15) is 4.79 Å². The highest BCUT2D eigenvalue weighted by molar-refractivity contribution is 7.14. The summed E-state index contributed by atoms with van der Waals surface area (Å²) in [6.07, 6.45) is 6.89. The number of nitrogen functional groups attached to an aromatic ring is 1. The minimum Gasteiger partial charge on any atom is -0.398 e. The fourth-order valence-corrected chi connectivity index (χ4v) is 5.13. The van der Waals surface area contributed by atoms with E-state index in [1.54, 1.807) is 11.3 Å². The molecule has 2 aliphatic rings. The van der Waals surface area contributed by atoms with Crippen molar-refractivity contribution >= 4 is 28.6 Å². The number of anilines is 2. The monoisotopic (exact) mass is 341 g/mol. The highest BCUT2D eigenvalue weighted by Gasteiger charge is 2.29. The molecule has 1 aliphatic heterocycles. The molecule has 0 spiro atoms. The van der Waals surface area contributed by atoms with Crippen molar-refractivity contribution in [2.24, 2.45) is 0 Å². The van der Waals surface area contributed by atoms with Gasteiger partial charge in [-0.2, -0.15) is 0 Å². The number of nitrogens with two attached hydrogens (primary N) is 1. The van der Waals surface area contributed by atoms with E-state index in [0.29, 0.717) is 5.92 Å². The second kappa shape index (κ2) is 6.20. The van der Waals surface area contributed by atoms with E-state index >= 15 is 0 Å². The molecule has 0 saturated heterocycles. The maximum absolute atomic E-state index is 13.2. The second-order valence-electron chi connectivity index (χ2n) is 6.85. The van der Waals surface area contributed by atoms with Gasteiger partial charge in [-0.05, 0) is 50.3 Å². The third-order valence-electron chi connectivity index (χ3n) is 5.24. The smallest absolute Gasteiger partial charge is 0.270 e. The molecule has 24 heavy (non-hydrogen) atoms. The molecule has 1 amide bonds. The first kappa shape index (κ1) is 15.6. The molecule has 5 heteroatoms. The van der Waals surface area contributed by atoms with Gasteiger partial charge in [0.1, 0.15) is 4.88 Å². The van der Waals surface area contributed by atoms with E-state index < -0.39 is 0 Å². The zero-order valence-corrected chi connectivity index (χ0v) is 14.9. The number of rotatable bonds is 2. The summed E-state index contributed by atoms with van der Waals surface area (Å²) >= 11 is 1.60. The third kappa shape index (κ3) is 2.61. The van der Waals surface area contributed by atoms with Crippen LogP contribution >= 0.6 is 11.3 Å². The van der Waals surface area contributed by atoms with E-state index in [0.717, 1.165) is 51.9 Å². The maximum Gasteiger partial charge on any atom is 0.270 e. The van der Waals surface area contributed by atoms with Gasteiger partial charge in [0.05, 0.1) is 10.7 Å². The summed E-state index contributed by atoms with van der Waals surface area (Å²) in [5, 5.41) is 1.15. The first-order valence-electron chi connectivity index (χ1n) is 8.81. The SMILES string of the molecule is Cc1nc(C2CCCC2)sc1C(=O)N1CCCc2c(N)cccc21. The number of benzene rings is 1. The van der Waals surface area contributed by atoms with Gasteiger partial charge in [0, 0.05) is 23.8 Å². The summed E-state index contributed by atoms with van der Waals surface area (Å²) in [6.45, 7) is 2.72. The van der Waals surface area contributed by atoms with Crippen LogP contribution in [0.3, 0.4) is 0 Å². The van der Waals surface area contributed by atoms with Crippen molar-refractivity contribution in [1.82, 2.24) is 4.98 Å². The Morgan fingerprint density at radius 1 is 1.29 bits per heavy atom. The summed E-state index contributed by atoms with van der Waals surface area (Å²) in [5.74, 6) is 0.639. The number of carbonyl (C=O) groups is 1. The van der Waals surface area contributed by atoms with Gasteiger partial charge in [-0.1, -0.05) is 18.9 Å². The molecule has 2 heterocycles. The van der Waals surface area contributed by atoms with E-state index in [1.807, 2.05) is 30.0 Å². The zero-order valence-electron chi connectivity index (χ0n) is 14.0. The van der Waals surface area contributed by atoms with Crippen molar-refractivity contribution in [2.45, 2.75) is 51.4 Å². The zero-order chi connectivity index (χ0) is 16.7. The van der Waals surface area contributed by atoms with E-state index in [1.165, 1.54) is 25.7 Å². The molecule has 4 rings (SSSR count). The topological polar surface area (TPSA) is 59.2 Å². The molecular formula is C19H23N3OS. The molecule has 0 unspecified atom stereocenters. The largest absolute Gasteiger partial charge is 0.398 e. The Bertz CT molecular complexity index is 777. The molecule has 0 radical (unpaired) electrons. The predicted molar refractivity (Wildman–Crippen MR) is 98.9 cm³/mol. The van der Waals surface area contributed by atoms with Crippen LogP contribution in [0.25, 0.3) is 0 Å². The molecule has 1 aromatic heterocycles. The summed E-state index contributed by atoms with van der Waals surface area (Å²) in [7, 11) is 0. The van der Waals surface area contributed by atoms with E-state index in [4.69, 9.17) is 10.7 Å². The molecule has 0 atom stereocenters. The fourth-order valence-electron chi connectivity index (χ4n) is 3.95. The number of hydrogen-bond donors (Lipinski definition) is 1. The van der Waals surface area contributed by atoms with Gasteiger partial charge in [-0.15, -0.1) is 11.3 Å². The molecule has 1 fully saturated rings. The first-order chi connectivity index (χ1) is 11.6. The molecule has 0 bridgehead atoms. The van der Waals surface area contributed by atoms with Crippen LogP contribution in [0.2, 0.25) is 0 Å². The predicted octanol–water partition coefficient (Wildman–Crippen LogP) is 4.28. The lowest BCUT2D eigenvalue weighted by molar-refractivity contribution is 0.0988. The number of thiazole rings is 1. The Labute approximate surface area is 146 Å². The number of amides is 1. The standard InChI is InChI=1S/C19H23N3OS/c1-12-17(24-18(21-12)13-6-2-3-7-13)19(23)22-11-5-8-14-15(20)9-4-10-16(14)22/h4,9-10,13H,2-3,5-8,11,20H2,1H3. The molecular weight excluding hydrogens is 318 g/mol. The van der Waals surface area contributed by atoms with Crippen LogP contribution in [0.4, 0.5) is 11.4 Å². The second-order valence-corrected chi connectivity index (χ2v) is 7.88. The Morgan fingerprint density at radius 2 is 2.08 bits per heavy atom. The molecule has 4 nitrogen and oxygen atoms in total. The molecule has 1 aliphatic carbocycles. The number of aryl methyl sites for hydroxylation is 1. The number of carbonyl (C=O) groups excluding carboxylic acids is 1. The molecule has 126 valence electrons. The molecule has 1 saturated carbocycles. The normalized spacial score (nSPS) is 18.0. The van der Waals surface area contributed by atoms with Crippen molar-refractivity contribution in [3.63, 3.8) is 0 Å². The van der Waals surface area contributed by atoms with Gasteiger partial charge in [0.2, 0.25) is 0 Å². The van der Waals surface area contributed by atoms with Crippen molar-refractivity contribution in [3.05, 3.63) is 39.3 Å². The minimum absolute atomic E-state index is 0.0841. The summed E-state index contributed by atoms with van der Waals surface area (Å²) < 4.78 is 0. The van der Waals surface area contributed by atoms with Gasteiger partial charge in [0.25, 0.3) is 5.91 Å². The molecule has 2 aromatic rings. The van der Waals surface area contributed by atoms with E-state index in [2.05, 4.69) is 0 Å². The first-order valence-corrected chi connectivity index (χ1v) is 9.63. The minimum atomic E-state index is 0.0841. The molecule has 1 aromatic carbocycles. The Balaban J connectivity index is 1.67. The Morgan fingerprint density at radius 3 is 2.88 bits per heavy atom. The van der Waals surface area contributed by atoms with Crippen LogP contribution in [-0.4, -0.2) is 17.4 Å². The van der Waals surface area contributed by atoms with Crippen LogP contribution in [0, 0.1) is 6.92 Å². The lowest BCUT2D eigenvalue weighted by Gasteiger charge is -2.30. The maximum atomic E-state index is 13.2. The number of aromatic nitrogens is 1. The quantitative estimate of drug-likeness (QED) is 0.829. The lowest BCUT2D eigenvalue weighted by atomic mass is 9.99. The third-order valence-corrected chi connectivity index (χ3v) is 6.55. The van der Waals surface area contributed by atoms with Gasteiger partial charge in [-0.3, -0.25) is 4.79 Å². The Kier molecular flexibility index (Phi) is 4.04. The van der Waals surface area contributed by atoms with Crippen molar-refractivity contribution in [1.29, 1.82) is 0 Å². The number of hydrogen-bond acceptors (Lipinski definition) is 4. The summed E-state index contributed by atoms with van der Waals surface area (Å²) in [4.78, 5) is 20.6. The van der Waals surface area contributed by atoms with Crippen LogP contribution < -0.4 is 10.6 Å². The van der Waals surface area contributed by atoms with Gasteiger partial charge < -0.3 is 10.6 Å². The Hall–Kier alpha value is -1.88. The summed E-state index contributed by atoms with van der Waals surface area (Å²) in [5.41, 5.74) is 9.86. The van der Waals surface area contributed by atoms with Crippen LogP contribution in [0.5, 0.6) is 0 Å².